The largest absolute Gasteiger partial charge is 0.350 e. The van der Waals surface area contributed by atoms with Gasteiger partial charge in [-0.05, 0) is 18.6 Å². The molecule has 0 aliphatic carbocycles. The SMILES string of the molecule is CC(NC(=NCc1ccc([N+](=O)[O-])cc1)NCC(=O)N(C)C)c1ccc(F)cc1F. The number of carbonyl (C=O) groups is 1. The second kappa shape index (κ2) is 10.3. The van der Waals surface area contributed by atoms with Gasteiger partial charge in [0.1, 0.15) is 11.6 Å². The number of non-ortho nitro benzene ring substituents is 1. The third-order valence-electron chi connectivity index (χ3n) is 4.25. The highest BCUT2D eigenvalue weighted by Crippen LogP contribution is 2.18. The summed E-state index contributed by atoms with van der Waals surface area (Å²) < 4.78 is 27.2. The number of hydrogen-bond donors (Lipinski definition) is 2. The maximum atomic E-state index is 14.1. The molecule has 0 saturated carbocycles. The summed E-state index contributed by atoms with van der Waals surface area (Å²) in [5, 5.41) is 16.6. The van der Waals surface area contributed by atoms with Crippen LogP contribution in [0.2, 0.25) is 0 Å². The lowest BCUT2D eigenvalue weighted by Crippen LogP contribution is -2.43. The smallest absolute Gasteiger partial charge is 0.269 e. The fraction of sp³-hybridized carbons (Fsp3) is 0.300. The number of hydrogen-bond acceptors (Lipinski definition) is 4. The molecule has 0 aliphatic heterocycles. The predicted octanol–water partition coefficient (Wildman–Crippen LogP) is 2.76. The quantitative estimate of drug-likeness (QED) is 0.311. The fourth-order valence-electron chi connectivity index (χ4n) is 2.50. The van der Waals surface area contributed by atoms with E-state index < -0.39 is 22.6 Å². The van der Waals surface area contributed by atoms with Crippen LogP contribution in [0.25, 0.3) is 0 Å². The molecule has 0 fully saturated rings. The van der Waals surface area contributed by atoms with Gasteiger partial charge in [0.25, 0.3) is 5.69 Å². The predicted molar refractivity (Wildman–Crippen MR) is 109 cm³/mol. The molecule has 0 spiro atoms. The van der Waals surface area contributed by atoms with Gasteiger partial charge in [0, 0.05) is 37.9 Å². The van der Waals surface area contributed by atoms with Gasteiger partial charge in [-0.25, -0.2) is 13.8 Å². The normalized spacial score (nSPS) is 12.2. The first-order valence-electron chi connectivity index (χ1n) is 9.10. The Balaban J connectivity index is 2.16. The highest BCUT2D eigenvalue weighted by molar-refractivity contribution is 5.86. The molecule has 0 aromatic heterocycles. The minimum Gasteiger partial charge on any atom is -0.350 e. The number of nitro benzene ring substituents is 1. The highest BCUT2D eigenvalue weighted by Gasteiger charge is 2.14. The van der Waals surface area contributed by atoms with Crippen molar-refractivity contribution < 1.29 is 18.5 Å². The molecule has 30 heavy (non-hydrogen) atoms. The first-order chi connectivity index (χ1) is 14.2. The Kier molecular flexibility index (Phi) is 7.79. The molecule has 2 N–H and O–H groups in total. The standard InChI is InChI=1S/C20H23F2N5O3/c1-13(17-9-6-15(21)10-18(17)22)25-20(24-12-19(28)26(2)3)23-11-14-4-7-16(8-5-14)27(29)30/h4-10,13H,11-12H2,1-3H3,(H2,23,24,25). The number of nitro groups is 1. The van der Waals surface area contributed by atoms with Crippen molar-refractivity contribution in [2.45, 2.75) is 19.5 Å². The number of carbonyl (C=O) groups excluding carboxylic acids is 1. The molecular weight excluding hydrogens is 396 g/mol. The lowest BCUT2D eigenvalue weighted by Gasteiger charge is -2.20. The number of likely N-dealkylation sites (N-methyl/N-ethyl adjacent to an activating group) is 1. The van der Waals surface area contributed by atoms with Crippen molar-refractivity contribution in [1.29, 1.82) is 0 Å². The van der Waals surface area contributed by atoms with Crippen molar-refractivity contribution >= 4 is 17.6 Å². The zero-order valence-electron chi connectivity index (χ0n) is 16.9. The van der Waals surface area contributed by atoms with Crippen molar-refractivity contribution in [2.75, 3.05) is 20.6 Å². The number of benzene rings is 2. The van der Waals surface area contributed by atoms with Crippen molar-refractivity contribution in [3.8, 4) is 0 Å². The molecule has 10 heteroatoms. The van der Waals surface area contributed by atoms with Gasteiger partial charge in [0.2, 0.25) is 5.91 Å². The van der Waals surface area contributed by atoms with E-state index in [1.54, 1.807) is 33.2 Å². The van der Waals surface area contributed by atoms with Crippen LogP contribution in [0.1, 0.15) is 24.1 Å². The average Bonchev–Trinajstić information content (AvgIpc) is 2.69. The number of halogens is 2. The summed E-state index contributed by atoms with van der Waals surface area (Å²) in [6.07, 6.45) is 0. The summed E-state index contributed by atoms with van der Waals surface area (Å²) in [6.45, 7) is 1.80. The molecule has 160 valence electrons. The molecule has 2 aromatic rings. The van der Waals surface area contributed by atoms with E-state index in [0.29, 0.717) is 5.56 Å². The first-order valence-corrected chi connectivity index (χ1v) is 9.10. The van der Waals surface area contributed by atoms with Crippen LogP contribution in [-0.4, -0.2) is 42.3 Å². The molecule has 2 aromatic carbocycles. The van der Waals surface area contributed by atoms with Gasteiger partial charge in [-0.2, -0.15) is 0 Å². The van der Waals surface area contributed by atoms with Crippen LogP contribution in [0.5, 0.6) is 0 Å². The van der Waals surface area contributed by atoms with E-state index >= 15 is 0 Å². The number of guanidine groups is 1. The number of rotatable bonds is 7. The van der Waals surface area contributed by atoms with Crippen molar-refractivity contribution in [3.05, 3.63) is 75.3 Å². The molecule has 8 nitrogen and oxygen atoms in total. The third kappa shape index (κ3) is 6.50. The van der Waals surface area contributed by atoms with Crippen LogP contribution >= 0.6 is 0 Å². The van der Waals surface area contributed by atoms with Crippen molar-refractivity contribution in [3.63, 3.8) is 0 Å². The second-order valence-electron chi connectivity index (χ2n) is 6.76. The molecule has 1 atom stereocenters. The molecule has 0 heterocycles. The Morgan fingerprint density at radius 2 is 1.87 bits per heavy atom. The summed E-state index contributed by atoms with van der Waals surface area (Å²) in [6, 6.07) is 8.62. The number of nitrogens with one attached hydrogen (secondary N) is 2. The lowest BCUT2D eigenvalue weighted by atomic mass is 10.1. The number of amides is 1. The van der Waals surface area contributed by atoms with Gasteiger partial charge >= 0.3 is 0 Å². The fourth-order valence-corrected chi connectivity index (χ4v) is 2.50. The number of nitrogens with zero attached hydrogens (tertiary/aromatic N) is 3. The van der Waals surface area contributed by atoms with Crippen LogP contribution in [0, 0.1) is 21.7 Å². The molecular formula is C20H23F2N5O3. The lowest BCUT2D eigenvalue weighted by molar-refractivity contribution is -0.384. The summed E-state index contributed by atoms with van der Waals surface area (Å²) >= 11 is 0. The minimum atomic E-state index is -0.700. The maximum Gasteiger partial charge on any atom is 0.269 e. The Labute approximate surface area is 172 Å². The molecule has 0 radical (unpaired) electrons. The Bertz CT molecular complexity index is 933. The van der Waals surface area contributed by atoms with Gasteiger partial charge in [-0.1, -0.05) is 18.2 Å². The molecule has 1 unspecified atom stereocenters. The van der Waals surface area contributed by atoms with Crippen LogP contribution < -0.4 is 10.6 Å². The monoisotopic (exact) mass is 419 g/mol. The van der Waals surface area contributed by atoms with Crippen LogP contribution in [0.4, 0.5) is 14.5 Å². The molecule has 0 bridgehead atoms. The van der Waals surface area contributed by atoms with Crippen molar-refractivity contribution in [1.82, 2.24) is 15.5 Å². The number of aliphatic imine (C=N–C) groups is 1. The summed E-state index contributed by atoms with van der Waals surface area (Å²) in [7, 11) is 3.23. The summed E-state index contributed by atoms with van der Waals surface area (Å²) in [5.74, 6) is -1.33. The summed E-state index contributed by atoms with van der Waals surface area (Å²) in [4.78, 5) is 27.9. The Morgan fingerprint density at radius 1 is 1.20 bits per heavy atom. The zero-order valence-corrected chi connectivity index (χ0v) is 16.9. The Morgan fingerprint density at radius 3 is 2.43 bits per heavy atom. The van der Waals surface area contributed by atoms with Gasteiger partial charge in [0.15, 0.2) is 5.96 Å². The van der Waals surface area contributed by atoms with Gasteiger partial charge in [-0.15, -0.1) is 0 Å². The third-order valence-corrected chi connectivity index (χ3v) is 4.25. The van der Waals surface area contributed by atoms with E-state index in [-0.39, 0.29) is 36.2 Å². The zero-order chi connectivity index (χ0) is 22.3. The maximum absolute atomic E-state index is 14.1. The van der Waals surface area contributed by atoms with Crippen LogP contribution in [-0.2, 0) is 11.3 Å². The van der Waals surface area contributed by atoms with E-state index in [0.717, 1.165) is 12.1 Å². The summed E-state index contributed by atoms with van der Waals surface area (Å²) in [5.41, 5.74) is 0.914. The molecule has 2 rings (SSSR count). The van der Waals surface area contributed by atoms with E-state index in [4.69, 9.17) is 0 Å². The Hall–Kier alpha value is -3.56. The van der Waals surface area contributed by atoms with E-state index in [1.165, 1.54) is 23.1 Å². The van der Waals surface area contributed by atoms with E-state index in [1.807, 2.05) is 0 Å². The van der Waals surface area contributed by atoms with E-state index in [2.05, 4.69) is 15.6 Å². The highest BCUT2D eigenvalue weighted by atomic mass is 19.1. The molecule has 1 amide bonds. The molecule has 0 saturated heterocycles. The topological polar surface area (TPSA) is 99.9 Å². The van der Waals surface area contributed by atoms with Crippen LogP contribution in [0.15, 0.2) is 47.5 Å². The minimum absolute atomic E-state index is 0.0313. The van der Waals surface area contributed by atoms with Gasteiger partial charge in [0.05, 0.1) is 24.1 Å². The second-order valence-corrected chi connectivity index (χ2v) is 6.76. The van der Waals surface area contributed by atoms with Gasteiger partial charge < -0.3 is 15.5 Å². The van der Waals surface area contributed by atoms with Crippen LogP contribution in [0.3, 0.4) is 0 Å². The average molecular weight is 419 g/mol. The molecule has 0 aliphatic rings. The van der Waals surface area contributed by atoms with Crippen molar-refractivity contribution in [2.24, 2.45) is 4.99 Å². The van der Waals surface area contributed by atoms with Gasteiger partial charge in [-0.3, -0.25) is 14.9 Å². The first kappa shape index (κ1) is 22.7. The van der Waals surface area contributed by atoms with E-state index in [9.17, 15) is 23.7 Å².